The zero-order valence-corrected chi connectivity index (χ0v) is 40.4. The molecule has 372 valence electrons. The second-order valence-electron chi connectivity index (χ2n) is 16.6. The maximum absolute atomic E-state index is 12.8. The number of carbonyl (C=O) groups is 2. The quantitative estimate of drug-likeness (QED) is 0.0147. The van der Waals surface area contributed by atoms with E-state index in [9.17, 15) is 44.6 Å². The van der Waals surface area contributed by atoms with Crippen LogP contribution in [0.1, 0.15) is 168 Å². The van der Waals surface area contributed by atoms with Crippen LogP contribution in [0.2, 0.25) is 0 Å². The van der Waals surface area contributed by atoms with Crippen molar-refractivity contribution in [2.24, 2.45) is 0 Å². The van der Waals surface area contributed by atoms with Crippen LogP contribution in [0.4, 0.5) is 0 Å². The minimum atomic E-state index is -5.15. The molecule has 1 fully saturated rings. The standard InChI is InChI=1S/C51H85O13P/c1-3-5-7-9-11-13-15-17-19-21-22-24-26-28-30-32-34-36-38-40-45(53)63-43(42-62-65(59,60)64-51-49(57)47(55)46(54)48(56)50(51)58)41-61-44(52)39-37-35-33-31-29-27-25-23-20-18-16-14-12-10-8-6-4-2/h5,7,11,13,17-20,22,24,28,30,34,36,43,46-51,54-58H,3-4,6,8-10,12,14-16,21,23,25-27,29,31-33,35,37-42H2,1-2H3,(H,59,60)/b7-5-,13-11-,19-17-,20-18-,24-22-,30-28-,36-34-/t43-,46?,47-,48?,49?,50?,51?/m1/s1. The highest BCUT2D eigenvalue weighted by molar-refractivity contribution is 7.47. The number of ether oxygens (including phenoxy) is 2. The zero-order valence-electron chi connectivity index (χ0n) is 39.5. The van der Waals surface area contributed by atoms with Crippen molar-refractivity contribution in [2.75, 3.05) is 13.2 Å². The second kappa shape index (κ2) is 40.1. The SMILES string of the molecule is CC/C=C\C/C=C\C/C=C\C/C=C\C/C=C\C/C=C\CCC(=O)O[C@H](COC(=O)CCCCCCCCC/C=C\CCCCCCCC)COP(=O)(O)OC1C(O)C(O)C(O)[C@@H](O)C1O. The zero-order chi connectivity index (χ0) is 47.8. The van der Waals surface area contributed by atoms with Crippen LogP contribution < -0.4 is 0 Å². The van der Waals surface area contributed by atoms with Crippen molar-refractivity contribution in [3.63, 3.8) is 0 Å². The summed E-state index contributed by atoms with van der Waals surface area (Å²) in [5, 5.41) is 50.2. The number of unbranched alkanes of at least 4 members (excludes halogenated alkanes) is 13. The first-order valence-corrected chi connectivity index (χ1v) is 25.9. The molecule has 0 bridgehead atoms. The average molecular weight is 937 g/mol. The van der Waals surface area contributed by atoms with Gasteiger partial charge in [0.1, 0.15) is 43.2 Å². The van der Waals surface area contributed by atoms with E-state index in [0.717, 1.165) is 64.2 Å². The van der Waals surface area contributed by atoms with Gasteiger partial charge in [-0.2, -0.15) is 0 Å². The fourth-order valence-electron chi connectivity index (χ4n) is 6.84. The van der Waals surface area contributed by atoms with E-state index in [0.29, 0.717) is 19.3 Å². The van der Waals surface area contributed by atoms with E-state index in [1.807, 2.05) is 18.2 Å². The van der Waals surface area contributed by atoms with Crippen LogP contribution >= 0.6 is 7.82 Å². The van der Waals surface area contributed by atoms with E-state index < -0.39 is 75.7 Å². The largest absolute Gasteiger partial charge is 0.472 e. The number of allylic oxidation sites excluding steroid dienone is 14. The Kier molecular flexibility index (Phi) is 37.1. The molecule has 0 amide bonds. The van der Waals surface area contributed by atoms with Gasteiger partial charge in [0.25, 0.3) is 0 Å². The Morgan fingerprint density at radius 1 is 0.492 bits per heavy atom. The molecule has 1 rings (SSSR count). The molecular formula is C51H85O13P. The number of esters is 2. The van der Waals surface area contributed by atoms with Crippen molar-refractivity contribution >= 4 is 19.8 Å². The minimum Gasteiger partial charge on any atom is -0.462 e. The monoisotopic (exact) mass is 937 g/mol. The van der Waals surface area contributed by atoms with E-state index in [2.05, 4.69) is 80.7 Å². The third-order valence-electron chi connectivity index (χ3n) is 10.7. The van der Waals surface area contributed by atoms with Crippen molar-refractivity contribution in [1.29, 1.82) is 0 Å². The summed E-state index contributed by atoms with van der Waals surface area (Å²) in [5.41, 5.74) is 0. The fraction of sp³-hybridized carbons (Fsp3) is 0.686. The summed E-state index contributed by atoms with van der Waals surface area (Å²) in [4.78, 5) is 35.7. The third kappa shape index (κ3) is 32.4. The summed E-state index contributed by atoms with van der Waals surface area (Å²) in [7, 11) is -5.15. The highest BCUT2D eigenvalue weighted by Gasteiger charge is 2.51. The Morgan fingerprint density at radius 2 is 0.908 bits per heavy atom. The lowest BCUT2D eigenvalue weighted by molar-refractivity contribution is -0.220. The third-order valence-corrected chi connectivity index (χ3v) is 11.7. The lowest BCUT2D eigenvalue weighted by atomic mass is 9.85. The summed E-state index contributed by atoms with van der Waals surface area (Å²) in [6.45, 7) is 3.12. The Labute approximate surface area is 390 Å². The van der Waals surface area contributed by atoms with Gasteiger partial charge in [0, 0.05) is 12.8 Å². The van der Waals surface area contributed by atoms with Gasteiger partial charge in [0.15, 0.2) is 6.10 Å². The Bertz CT molecular complexity index is 1460. The summed E-state index contributed by atoms with van der Waals surface area (Å²) in [6, 6.07) is 0. The van der Waals surface area contributed by atoms with Crippen LogP contribution in [-0.2, 0) is 32.7 Å². The van der Waals surface area contributed by atoms with Crippen LogP contribution in [0.25, 0.3) is 0 Å². The van der Waals surface area contributed by atoms with Crippen LogP contribution in [0.15, 0.2) is 85.1 Å². The number of rotatable bonds is 39. The molecule has 6 N–H and O–H groups in total. The predicted octanol–water partition coefficient (Wildman–Crippen LogP) is 10.1. The number of hydrogen-bond acceptors (Lipinski definition) is 12. The lowest BCUT2D eigenvalue weighted by Crippen LogP contribution is -2.64. The first kappa shape index (κ1) is 60.0. The summed E-state index contributed by atoms with van der Waals surface area (Å²) in [6.07, 6.45) is 39.3. The molecule has 0 aromatic heterocycles. The van der Waals surface area contributed by atoms with Crippen LogP contribution in [0.5, 0.6) is 0 Å². The topological polar surface area (TPSA) is 210 Å². The molecule has 0 aromatic carbocycles. The van der Waals surface area contributed by atoms with E-state index >= 15 is 0 Å². The smallest absolute Gasteiger partial charge is 0.462 e. The molecule has 1 aliphatic rings. The van der Waals surface area contributed by atoms with Crippen molar-refractivity contribution < 1.29 is 63.1 Å². The molecule has 0 aliphatic heterocycles. The second-order valence-corrected chi connectivity index (χ2v) is 18.0. The van der Waals surface area contributed by atoms with Gasteiger partial charge in [-0.1, -0.05) is 163 Å². The number of hydrogen-bond donors (Lipinski definition) is 6. The first-order chi connectivity index (χ1) is 31.4. The van der Waals surface area contributed by atoms with Gasteiger partial charge in [-0.05, 0) is 77.0 Å². The molecule has 0 heterocycles. The summed E-state index contributed by atoms with van der Waals surface area (Å²) >= 11 is 0. The highest BCUT2D eigenvalue weighted by Crippen LogP contribution is 2.47. The summed E-state index contributed by atoms with van der Waals surface area (Å²) in [5.74, 6) is -1.21. The average Bonchev–Trinajstić information content (AvgIpc) is 3.29. The van der Waals surface area contributed by atoms with E-state index in [1.165, 1.54) is 57.8 Å². The molecule has 1 aliphatic carbocycles. The van der Waals surface area contributed by atoms with Crippen molar-refractivity contribution in [3.8, 4) is 0 Å². The van der Waals surface area contributed by atoms with Crippen molar-refractivity contribution in [2.45, 2.75) is 211 Å². The lowest BCUT2D eigenvalue weighted by Gasteiger charge is -2.41. The van der Waals surface area contributed by atoms with Crippen molar-refractivity contribution in [3.05, 3.63) is 85.1 Å². The highest BCUT2D eigenvalue weighted by atomic mass is 31.2. The molecule has 14 heteroatoms. The van der Waals surface area contributed by atoms with Crippen LogP contribution in [-0.4, -0.2) is 98.3 Å². The molecule has 8 atom stereocenters. The van der Waals surface area contributed by atoms with Crippen LogP contribution in [0, 0.1) is 0 Å². The maximum Gasteiger partial charge on any atom is 0.472 e. The van der Waals surface area contributed by atoms with Gasteiger partial charge in [-0.15, -0.1) is 0 Å². The molecule has 6 unspecified atom stereocenters. The van der Waals surface area contributed by atoms with E-state index in [-0.39, 0.29) is 12.8 Å². The fourth-order valence-corrected chi connectivity index (χ4v) is 7.81. The van der Waals surface area contributed by atoms with Gasteiger partial charge in [0.2, 0.25) is 0 Å². The molecular weight excluding hydrogens is 852 g/mol. The van der Waals surface area contributed by atoms with Crippen molar-refractivity contribution in [1.82, 2.24) is 0 Å². The number of aliphatic hydroxyl groups is 5. The van der Waals surface area contributed by atoms with Gasteiger partial charge >= 0.3 is 19.8 Å². The summed E-state index contributed by atoms with van der Waals surface area (Å²) < 4.78 is 33.5. The maximum atomic E-state index is 12.8. The number of aliphatic hydroxyl groups excluding tert-OH is 5. The molecule has 1 saturated carbocycles. The number of phosphoric ester groups is 1. The molecule has 0 saturated heterocycles. The predicted molar refractivity (Wildman–Crippen MR) is 258 cm³/mol. The first-order valence-electron chi connectivity index (χ1n) is 24.4. The van der Waals surface area contributed by atoms with Gasteiger partial charge < -0.3 is 39.9 Å². The normalized spacial score (nSPS) is 22.2. The Balaban J connectivity index is 2.50. The van der Waals surface area contributed by atoms with Gasteiger partial charge in [-0.25, -0.2) is 4.57 Å². The van der Waals surface area contributed by atoms with Gasteiger partial charge in [0.05, 0.1) is 6.61 Å². The van der Waals surface area contributed by atoms with E-state index in [4.69, 9.17) is 18.5 Å². The number of phosphoric acid groups is 1. The molecule has 13 nitrogen and oxygen atoms in total. The molecule has 0 aromatic rings. The Hall–Kier alpha value is -2.97. The minimum absolute atomic E-state index is 0.0333. The van der Waals surface area contributed by atoms with Crippen LogP contribution in [0.3, 0.4) is 0 Å². The molecule has 0 radical (unpaired) electrons. The number of carbonyl (C=O) groups excluding carboxylic acids is 2. The Morgan fingerprint density at radius 3 is 1.40 bits per heavy atom. The molecule has 0 spiro atoms. The van der Waals surface area contributed by atoms with Gasteiger partial charge in [-0.3, -0.25) is 18.6 Å². The molecule has 65 heavy (non-hydrogen) atoms. The van der Waals surface area contributed by atoms with E-state index in [1.54, 1.807) is 0 Å².